The van der Waals surface area contributed by atoms with Gasteiger partial charge in [0.25, 0.3) is 0 Å². The molecule has 134 valence electrons. The maximum absolute atomic E-state index is 12.2. The third kappa shape index (κ3) is 4.90. The van der Waals surface area contributed by atoms with Crippen LogP contribution in [0.25, 0.3) is 0 Å². The summed E-state index contributed by atoms with van der Waals surface area (Å²) in [6.07, 6.45) is 5.87. The number of likely N-dealkylation sites (tertiary alicyclic amines) is 1. The molecule has 0 saturated carbocycles. The van der Waals surface area contributed by atoms with Crippen LogP contribution in [0.2, 0.25) is 0 Å². The lowest BCUT2D eigenvalue weighted by molar-refractivity contribution is -0.121. The van der Waals surface area contributed by atoms with Crippen molar-refractivity contribution >= 4 is 23.3 Å². The predicted octanol–water partition coefficient (Wildman–Crippen LogP) is 1.74. The van der Waals surface area contributed by atoms with E-state index >= 15 is 0 Å². The summed E-state index contributed by atoms with van der Waals surface area (Å²) in [6.45, 7) is 4.35. The Hall–Kier alpha value is -2.19. The van der Waals surface area contributed by atoms with Crippen molar-refractivity contribution in [2.75, 3.05) is 13.1 Å². The van der Waals surface area contributed by atoms with E-state index in [0.717, 1.165) is 36.6 Å². The van der Waals surface area contributed by atoms with Crippen LogP contribution < -0.4 is 10.6 Å². The van der Waals surface area contributed by atoms with E-state index in [0.29, 0.717) is 12.6 Å². The van der Waals surface area contributed by atoms with Gasteiger partial charge in [0.05, 0.1) is 13.1 Å². The van der Waals surface area contributed by atoms with Crippen LogP contribution in [0.3, 0.4) is 0 Å². The molecule has 1 unspecified atom stereocenters. The molecule has 0 aromatic carbocycles. The van der Waals surface area contributed by atoms with Crippen molar-refractivity contribution < 1.29 is 9.59 Å². The summed E-state index contributed by atoms with van der Waals surface area (Å²) in [7, 11) is 0. The summed E-state index contributed by atoms with van der Waals surface area (Å²) < 4.78 is 2.11. The molecule has 0 radical (unpaired) electrons. The van der Waals surface area contributed by atoms with Crippen LogP contribution in [0, 0.1) is 6.92 Å². The summed E-state index contributed by atoms with van der Waals surface area (Å²) in [5.74, 6) is 0.710. The van der Waals surface area contributed by atoms with E-state index in [1.165, 1.54) is 0 Å². The molecule has 2 aromatic rings. The Labute approximate surface area is 151 Å². The molecule has 25 heavy (non-hydrogen) atoms. The van der Waals surface area contributed by atoms with Crippen molar-refractivity contribution in [1.82, 2.24) is 25.1 Å². The normalized spacial score (nSPS) is 17.6. The maximum atomic E-state index is 12.2. The monoisotopic (exact) mass is 361 g/mol. The lowest BCUT2D eigenvalue weighted by Gasteiger charge is -2.24. The molecule has 8 heteroatoms. The van der Waals surface area contributed by atoms with Crippen molar-refractivity contribution in [3.8, 4) is 0 Å². The second-order valence-electron chi connectivity index (χ2n) is 6.20. The Kier molecular flexibility index (Phi) is 5.83. The quantitative estimate of drug-likeness (QED) is 0.821. The summed E-state index contributed by atoms with van der Waals surface area (Å²) in [5.41, 5.74) is 0. The van der Waals surface area contributed by atoms with E-state index in [9.17, 15) is 9.59 Å². The fraction of sp³-hybridized carbons (Fsp3) is 0.471. The van der Waals surface area contributed by atoms with Crippen molar-refractivity contribution in [2.24, 2.45) is 0 Å². The number of thiophene rings is 1. The van der Waals surface area contributed by atoms with Gasteiger partial charge in [-0.25, -0.2) is 9.78 Å². The number of carbonyl (C=O) groups is 2. The summed E-state index contributed by atoms with van der Waals surface area (Å²) in [5, 5.41) is 7.07. The molecule has 0 bridgehead atoms. The molecule has 1 fully saturated rings. The molecular weight excluding hydrogens is 338 g/mol. The SMILES string of the molecule is Cc1nccn1CC1CCCN1CC(=O)NC(=O)NCc1cccs1. The highest BCUT2D eigenvalue weighted by molar-refractivity contribution is 7.09. The molecule has 1 aliphatic rings. The van der Waals surface area contributed by atoms with Crippen molar-refractivity contribution in [2.45, 2.75) is 38.9 Å². The van der Waals surface area contributed by atoms with Crippen LogP contribution >= 0.6 is 11.3 Å². The molecule has 0 aliphatic carbocycles. The Morgan fingerprint density at radius 3 is 3.04 bits per heavy atom. The third-order valence-electron chi connectivity index (χ3n) is 4.43. The number of hydrogen-bond donors (Lipinski definition) is 2. The highest BCUT2D eigenvalue weighted by Gasteiger charge is 2.27. The van der Waals surface area contributed by atoms with Crippen LogP contribution in [0.1, 0.15) is 23.5 Å². The standard InChI is InChI=1S/C17H23N5O2S/c1-13-18-6-8-21(13)11-14-4-2-7-22(14)12-16(23)20-17(24)19-10-15-5-3-9-25-15/h3,5-6,8-9,14H,2,4,7,10-12H2,1H3,(H2,19,20,23,24). The molecule has 0 spiro atoms. The van der Waals surface area contributed by atoms with E-state index < -0.39 is 6.03 Å². The average molecular weight is 361 g/mol. The number of aromatic nitrogens is 2. The van der Waals surface area contributed by atoms with Gasteiger partial charge in [-0.1, -0.05) is 6.07 Å². The van der Waals surface area contributed by atoms with Crippen LogP contribution in [0.4, 0.5) is 4.79 Å². The van der Waals surface area contributed by atoms with Gasteiger partial charge in [0.1, 0.15) is 5.82 Å². The first-order valence-electron chi connectivity index (χ1n) is 8.43. The smallest absolute Gasteiger partial charge is 0.321 e. The Bertz CT molecular complexity index is 712. The predicted molar refractivity (Wildman–Crippen MR) is 96.3 cm³/mol. The van der Waals surface area contributed by atoms with Gasteiger partial charge in [0, 0.05) is 29.9 Å². The maximum Gasteiger partial charge on any atom is 0.321 e. The Morgan fingerprint density at radius 1 is 1.44 bits per heavy atom. The van der Waals surface area contributed by atoms with Gasteiger partial charge in [0.15, 0.2) is 0 Å². The molecule has 1 saturated heterocycles. The van der Waals surface area contributed by atoms with Crippen molar-refractivity contribution in [3.63, 3.8) is 0 Å². The van der Waals surface area contributed by atoms with Gasteiger partial charge in [-0.2, -0.15) is 0 Å². The van der Waals surface area contributed by atoms with Gasteiger partial charge in [-0.15, -0.1) is 11.3 Å². The number of imidazole rings is 1. The number of carbonyl (C=O) groups excluding carboxylic acids is 2. The molecular formula is C17H23N5O2S. The van der Waals surface area contributed by atoms with Crippen LogP contribution in [-0.2, 0) is 17.9 Å². The van der Waals surface area contributed by atoms with E-state index in [1.807, 2.05) is 30.6 Å². The number of nitrogens with one attached hydrogen (secondary N) is 2. The summed E-state index contributed by atoms with van der Waals surface area (Å²) >= 11 is 1.57. The minimum atomic E-state index is -0.445. The van der Waals surface area contributed by atoms with Gasteiger partial charge < -0.3 is 9.88 Å². The molecule has 2 aromatic heterocycles. The minimum absolute atomic E-state index is 0.241. The van der Waals surface area contributed by atoms with Crippen LogP contribution in [0.5, 0.6) is 0 Å². The van der Waals surface area contributed by atoms with Crippen molar-refractivity contribution in [1.29, 1.82) is 0 Å². The second kappa shape index (κ2) is 8.26. The second-order valence-corrected chi connectivity index (χ2v) is 7.24. The average Bonchev–Trinajstić information content (AvgIpc) is 3.30. The Balaban J connectivity index is 1.44. The fourth-order valence-corrected chi connectivity index (χ4v) is 3.75. The van der Waals surface area contributed by atoms with E-state index in [4.69, 9.17) is 0 Å². The molecule has 3 rings (SSSR count). The number of amides is 3. The van der Waals surface area contributed by atoms with E-state index in [1.54, 1.807) is 17.5 Å². The Morgan fingerprint density at radius 2 is 2.32 bits per heavy atom. The molecule has 3 heterocycles. The summed E-state index contributed by atoms with van der Waals surface area (Å²) in [4.78, 5) is 31.4. The van der Waals surface area contributed by atoms with E-state index in [2.05, 4.69) is 25.1 Å². The third-order valence-corrected chi connectivity index (χ3v) is 5.31. The van der Waals surface area contributed by atoms with Crippen LogP contribution in [-0.4, -0.2) is 45.5 Å². The number of hydrogen-bond acceptors (Lipinski definition) is 5. The highest BCUT2D eigenvalue weighted by Crippen LogP contribution is 2.19. The zero-order valence-corrected chi connectivity index (χ0v) is 15.1. The number of aryl methyl sites for hydroxylation is 1. The lowest BCUT2D eigenvalue weighted by atomic mass is 10.2. The molecule has 2 N–H and O–H groups in total. The minimum Gasteiger partial charge on any atom is -0.334 e. The lowest BCUT2D eigenvalue weighted by Crippen LogP contribution is -2.46. The highest BCUT2D eigenvalue weighted by atomic mass is 32.1. The van der Waals surface area contributed by atoms with Gasteiger partial charge in [-0.3, -0.25) is 15.0 Å². The summed E-state index contributed by atoms with van der Waals surface area (Å²) in [6, 6.07) is 3.73. The van der Waals surface area contributed by atoms with Crippen LogP contribution in [0.15, 0.2) is 29.9 Å². The molecule has 1 atom stereocenters. The fourth-order valence-electron chi connectivity index (χ4n) is 3.11. The van der Waals surface area contributed by atoms with Gasteiger partial charge in [0.2, 0.25) is 5.91 Å². The molecule has 3 amide bonds. The van der Waals surface area contributed by atoms with Crippen molar-refractivity contribution in [3.05, 3.63) is 40.6 Å². The van der Waals surface area contributed by atoms with Gasteiger partial charge >= 0.3 is 6.03 Å². The first-order chi connectivity index (χ1) is 12.1. The number of rotatable bonds is 6. The first-order valence-corrected chi connectivity index (χ1v) is 9.31. The zero-order chi connectivity index (χ0) is 17.6. The number of urea groups is 1. The van der Waals surface area contributed by atoms with E-state index in [-0.39, 0.29) is 12.5 Å². The molecule has 1 aliphatic heterocycles. The molecule has 7 nitrogen and oxygen atoms in total. The van der Waals surface area contributed by atoms with Gasteiger partial charge in [-0.05, 0) is 37.8 Å². The topological polar surface area (TPSA) is 79.3 Å². The zero-order valence-electron chi connectivity index (χ0n) is 14.3. The number of imide groups is 1. The largest absolute Gasteiger partial charge is 0.334 e. The number of nitrogens with zero attached hydrogens (tertiary/aromatic N) is 3. The first kappa shape index (κ1) is 17.6.